The van der Waals surface area contributed by atoms with Crippen molar-refractivity contribution in [3.63, 3.8) is 0 Å². The Morgan fingerprint density at radius 2 is 2.17 bits per heavy atom. The number of thiocarbonyl (C=S) groups is 1. The van der Waals surface area contributed by atoms with Crippen molar-refractivity contribution in [2.45, 2.75) is 12.8 Å². The van der Waals surface area contributed by atoms with Crippen LogP contribution in [0.1, 0.15) is 22.3 Å². The van der Waals surface area contributed by atoms with Gasteiger partial charge < -0.3 is 10.8 Å². The number of phenols is 1. The highest BCUT2D eigenvalue weighted by Gasteiger charge is 2.05. The number of hydrogen-bond donors (Lipinski definition) is 4. The lowest BCUT2D eigenvalue weighted by atomic mass is 10.1. The van der Waals surface area contributed by atoms with E-state index in [9.17, 15) is 14.7 Å². The SMILES string of the molecule is NC(=S)NNC(=O)CCc1ccc(O)c(C=O)c1. The van der Waals surface area contributed by atoms with Crippen LogP contribution in [0, 0.1) is 0 Å². The number of amides is 1. The average molecular weight is 267 g/mol. The van der Waals surface area contributed by atoms with E-state index in [-0.39, 0.29) is 28.8 Å². The number of hydrazine groups is 1. The van der Waals surface area contributed by atoms with Gasteiger partial charge >= 0.3 is 0 Å². The fraction of sp³-hybridized carbons (Fsp3) is 0.182. The molecular weight excluding hydrogens is 254 g/mol. The van der Waals surface area contributed by atoms with E-state index >= 15 is 0 Å². The molecule has 0 aliphatic heterocycles. The van der Waals surface area contributed by atoms with Crippen LogP contribution in [0.2, 0.25) is 0 Å². The molecule has 0 atom stereocenters. The van der Waals surface area contributed by atoms with Crippen LogP contribution in [0.15, 0.2) is 18.2 Å². The molecule has 0 aliphatic rings. The third-order valence-electron chi connectivity index (χ3n) is 2.18. The first kappa shape index (κ1) is 13.9. The van der Waals surface area contributed by atoms with Crippen LogP contribution in [-0.2, 0) is 11.2 Å². The van der Waals surface area contributed by atoms with E-state index in [2.05, 4.69) is 23.1 Å². The van der Waals surface area contributed by atoms with Crippen molar-refractivity contribution in [2.24, 2.45) is 5.73 Å². The van der Waals surface area contributed by atoms with Crippen LogP contribution in [0.5, 0.6) is 5.75 Å². The predicted octanol–water partition coefficient (Wildman–Crippen LogP) is 0.00170. The normalized spacial score (nSPS) is 9.56. The van der Waals surface area contributed by atoms with Crippen molar-refractivity contribution in [3.05, 3.63) is 29.3 Å². The minimum absolute atomic E-state index is 0.0174. The van der Waals surface area contributed by atoms with E-state index in [0.29, 0.717) is 12.7 Å². The van der Waals surface area contributed by atoms with Crippen molar-refractivity contribution in [1.29, 1.82) is 0 Å². The first-order chi connectivity index (χ1) is 8.52. The number of hydrogen-bond acceptors (Lipinski definition) is 4. The Morgan fingerprint density at radius 3 is 2.78 bits per heavy atom. The summed E-state index contributed by atoms with van der Waals surface area (Å²) in [5.74, 6) is -0.350. The lowest BCUT2D eigenvalue weighted by Gasteiger charge is -2.06. The highest BCUT2D eigenvalue weighted by molar-refractivity contribution is 7.80. The van der Waals surface area contributed by atoms with E-state index in [0.717, 1.165) is 5.56 Å². The summed E-state index contributed by atoms with van der Waals surface area (Å²) in [5.41, 5.74) is 10.8. The molecule has 18 heavy (non-hydrogen) atoms. The molecule has 1 rings (SSSR count). The van der Waals surface area contributed by atoms with Crippen LogP contribution in [0.4, 0.5) is 0 Å². The number of aldehydes is 1. The second kappa shape index (κ2) is 6.55. The summed E-state index contributed by atoms with van der Waals surface area (Å²) in [6, 6.07) is 4.61. The summed E-state index contributed by atoms with van der Waals surface area (Å²) < 4.78 is 0. The Morgan fingerprint density at radius 1 is 1.44 bits per heavy atom. The quantitative estimate of drug-likeness (QED) is 0.348. The molecule has 0 saturated heterocycles. The molecule has 5 N–H and O–H groups in total. The third kappa shape index (κ3) is 4.38. The maximum absolute atomic E-state index is 11.3. The van der Waals surface area contributed by atoms with E-state index in [4.69, 9.17) is 5.73 Å². The molecule has 1 aromatic carbocycles. The van der Waals surface area contributed by atoms with Gasteiger partial charge in [-0.25, -0.2) is 0 Å². The molecule has 96 valence electrons. The lowest BCUT2D eigenvalue weighted by Crippen LogP contribution is -2.44. The lowest BCUT2D eigenvalue weighted by molar-refractivity contribution is -0.121. The molecule has 1 amide bonds. The van der Waals surface area contributed by atoms with Gasteiger partial charge in [-0.15, -0.1) is 0 Å². The van der Waals surface area contributed by atoms with Gasteiger partial charge in [0.25, 0.3) is 0 Å². The first-order valence-corrected chi connectivity index (χ1v) is 5.55. The molecular formula is C11H13N3O3S. The average Bonchev–Trinajstić information content (AvgIpc) is 2.35. The molecule has 0 fully saturated rings. The number of carbonyl (C=O) groups is 2. The second-order valence-corrected chi connectivity index (χ2v) is 3.99. The van der Waals surface area contributed by atoms with E-state index < -0.39 is 0 Å². The second-order valence-electron chi connectivity index (χ2n) is 3.55. The van der Waals surface area contributed by atoms with Gasteiger partial charge in [0.05, 0.1) is 5.56 Å². The largest absolute Gasteiger partial charge is 0.507 e. The first-order valence-electron chi connectivity index (χ1n) is 5.14. The number of aryl methyl sites for hydroxylation is 1. The van der Waals surface area contributed by atoms with Gasteiger partial charge in [0.1, 0.15) is 5.75 Å². The van der Waals surface area contributed by atoms with Gasteiger partial charge in [0.2, 0.25) is 5.91 Å². The minimum Gasteiger partial charge on any atom is -0.507 e. The van der Waals surface area contributed by atoms with Crippen molar-refractivity contribution in [1.82, 2.24) is 10.9 Å². The zero-order chi connectivity index (χ0) is 13.5. The number of rotatable bonds is 4. The fourth-order valence-electron chi connectivity index (χ4n) is 1.31. The topological polar surface area (TPSA) is 104 Å². The number of carbonyl (C=O) groups excluding carboxylic acids is 2. The molecule has 0 heterocycles. The molecule has 1 aromatic rings. The number of phenolic OH excluding ortho intramolecular Hbond substituents is 1. The summed E-state index contributed by atoms with van der Waals surface area (Å²) in [6.45, 7) is 0. The van der Waals surface area contributed by atoms with Gasteiger partial charge in [0, 0.05) is 6.42 Å². The molecule has 7 heteroatoms. The molecule has 0 bridgehead atoms. The van der Waals surface area contributed by atoms with E-state index in [1.807, 2.05) is 0 Å². The molecule has 0 aromatic heterocycles. The van der Waals surface area contributed by atoms with Crippen molar-refractivity contribution < 1.29 is 14.7 Å². The molecule has 0 unspecified atom stereocenters. The van der Waals surface area contributed by atoms with Crippen LogP contribution >= 0.6 is 12.2 Å². The highest BCUT2D eigenvalue weighted by atomic mass is 32.1. The standard InChI is InChI=1S/C11H13N3O3S/c12-11(18)14-13-10(17)4-2-7-1-3-9(16)8(5-7)6-15/h1,3,5-6,16H,2,4H2,(H,13,17)(H3,12,14,18). The monoisotopic (exact) mass is 267 g/mol. The van der Waals surface area contributed by atoms with Crippen LogP contribution < -0.4 is 16.6 Å². The Bertz CT molecular complexity index is 477. The molecule has 0 saturated carbocycles. The highest BCUT2D eigenvalue weighted by Crippen LogP contribution is 2.17. The zero-order valence-electron chi connectivity index (χ0n) is 9.47. The third-order valence-corrected chi connectivity index (χ3v) is 2.29. The molecule has 6 nitrogen and oxygen atoms in total. The number of aromatic hydroxyl groups is 1. The van der Waals surface area contributed by atoms with Gasteiger partial charge in [-0.2, -0.15) is 0 Å². The maximum Gasteiger partial charge on any atom is 0.238 e. The molecule has 0 radical (unpaired) electrons. The summed E-state index contributed by atoms with van der Waals surface area (Å²) >= 11 is 4.52. The summed E-state index contributed by atoms with van der Waals surface area (Å²) in [6.07, 6.45) is 1.21. The minimum atomic E-state index is -0.275. The van der Waals surface area contributed by atoms with Crippen LogP contribution in [-0.4, -0.2) is 22.4 Å². The Labute approximate surface area is 109 Å². The number of nitrogens with two attached hydrogens (primary N) is 1. The number of benzene rings is 1. The van der Waals surface area contributed by atoms with E-state index in [1.54, 1.807) is 6.07 Å². The summed E-state index contributed by atoms with van der Waals surface area (Å²) in [5, 5.41) is 9.29. The Balaban J connectivity index is 2.50. The van der Waals surface area contributed by atoms with Gasteiger partial charge in [0.15, 0.2) is 11.4 Å². The smallest absolute Gasteiger partial charge is 0.238 e. The van der Waals surface area contributed by atoms with Gasteiger partial charge in [-0.3, -0.25) is 20.4 Å². The summed E-state index contributed by atoms with van der Waals surface area (Å²) in [7, 11) is 0. The summed E-state index contributed by atoms with van der Waals surface area (Å²) in [4.78, 5) is 22.0. The van der Waals surface area contributed by atoms with Gasteiger partial charge in [-0.1, -0.05) is 6.07 Å². The van der Waals surface area contributed by atoms with Crippen molar-refractivity contribution in [3.8, 4) is 5.75 Å². The maximum atomic E-state index is 11.3. The molecule has 0 spiro atoms. The van der Waals surface area contributed by atoms with Crippen molar-refractivity contribution in [2.75, 3.05) is 0 Å². The predicted molar refractivity (Wildman–Crippen MR) is 69.9 cm³/mol. The van der Waals surface area contributed by atoms with Crippen LogP contribution in [0.25, 0.3) is 0 Å². The van der Waals surface area contributed by atoms with Crippen LogP contribution in [0.3, 0.4) is 0 Å². The Kier molecular flexibility index (Phi) is 5.06. The van der Waals surface area contributed by atoms with E-state index in [1.165, 1.54) is 12.1 Å². The van der Waals surface area contributed by atoms with Crippen molar-refractivity contribution >= 4 is 29.5 Å². The molecule has 0 aliphatic carbocycles. The fourth-order valence-corrected chi connectivity index (χ4v) is 1.36. The Hall–Kier alpha value is -2.15. The number of nitrogens with one attached hydrogen (secondary N) is 2. The zero-order valence-corrected chi connectivity index (χ0v) is 10.3. The van der Waals surface area contributed by atoms with Gasteiger partial charge in [-0.05, 0) is 36.3 Å².